The molecule has 0 saturated carbocycles. The number of carbonyl (C=O) groups excluding carboxylic acids is 1. The molecular formula is C28H34N4O3. The zero-order chi connectivity index (χ0) is 24.5. The van der Waals surface area contributed by atoms with E-state index in [1.54, 1.807) is 6.20 Å². The zero-order valence-electron chi connectivity index (χ0n) is 20.1. The normalized spacial score (nSPS) is 15.1. The molecule has 2 aromatic heterocycles. The third-order valence-corrected chi connectivity index (χ3v) is 6.93. The number of aromatic nitrogens is 2. The van der Waals surface area contributed by atoms with Gasteiger partial charge >= 0.3 is 5.97 Å². The van der Waals surface area contributed by atoms with Gasteiger partial charge in [-0.25, -0.2) is 4.98 Å². The number of hydrogen-bond acceptors (Lipinski definition) is 5. The number of carboxylic acids is 1. The third-order valence-electron chi connectivity index (χ3n) is 6.93. The van der Waals surface area contributed by atoms with Crippen LogP contribution in [0.15, 0.2) is 60.9 Å². The van der Waals surface area contributed by atoms with Crippen LogP contribution >= 0.6 is 0 Å². The van der Waals surface area contributed by atoms with Crippen LogP contribution in [0.2, 0.25) is 0 Å². The van der Waals surface area contributed by atoms with Crippen molar-refractivity contribution >= 4 is 28.6 Å². The van der Waals surface area contributed by atoms with E-state index in [2.05, 4.69) is 21.4 Å². The molecule has 184 valence electrons. The molecule has 0 bridgehead atoms. The predicted molar refractivity (Wildman–Crippen MR) is 137 cm³/mol. The van der Waals surface area contributed by atoms with Crippen LogP contribution in [0.4, 0.5) is 5.82 Å². The number of pyridine rings is 2. The highest BCUT2D eigenvalue weighted by atomic mass is 16.4. The Labute approximate surface area is 206 Å². The molecule has 4 rings (SSSR count). The second-order valence-corrected chi connectivity index (χ2v) is 9.40. The summed E-state index contributed by atoms with van der Waals surface area (Å²) in [6.07, 6.45) is 8.78. The van der Waals surface area contributed by atoms with Crippen LogP contribution in [0.1, 0.15) is 56.4 Å². The molecule has 0 spiro atoms. The fourth-order valence-corrected chi connectivity index (χ4v) is 4.90. The number of para-hydroxylation sites is 1. The summed E-state index contributed by atoms with van der Waals surface area (Å²) in [5, 5.41) is 13.8. The zero-order valence-corrected chi connectivity index (χ0v) is 20.1. The number of rotatable bonds is 11. The van der Waals surface area contributed by atoms with Crippen molar-refractivity contribution in [3.63, 3.8) is 0 Å². The Hall–Kier alpha value is -3.48. The second-order valence-electron chi connectivity index (χ2n) is 9.40. The first kappa shape index (κ1) is 24.6. The number of piperidine rings is 1. The van der Waals surface area contributed by atoms with Gasteiger partial charge in [0.1, 0.15) is 5.82 Å². The summed E-state index contributed by atoms with van der Waals surface area (Å²) in [5.74, 6) is 0.755. The molecule has 3 aromatic rings. The Morgan fingerprint density at radius 2 is 1.89 bits per heavy atom. The summed E-state index contributed by atoms with van der Waals surface area (Å²) in [6.45, 7) is 2.31. The van der Waals surface area contributed by atoms with E-state index in [-0.39, 0.29) is 18.2 Å². The number of hydrogen-bond donors (Lipinski definition) is 2. The molecule has 3 heterocycles. The number of fused-ring (bicyclic) bond motifs is 1. The molecule has 7 heteroatoms. The minimum absolute atomic E-state index is 0.0455. The Kier molecular flexibility index (Phi) is 8.65. The van der Waals surface area contributed by atoms with Crippen molar-refractivity contribution in [2.75, 3.05) is 25.0 Å². The summed E-state index contributed by atoms with van der Waals surface area (Å²) < 4.78 is 0. The van der Waals surface area contributed by atoms with Gasteiger partial charge in [-0.3, -0.25) is 14.6 Å². The summed E-state index contributed by atoms with van der Waals surface area (Å²) >= 11 is 0. The number of aliphatic carboxylic acids is 1. The highest BCUT2D eigenvalue weighted by Crippen LogP contribution is 2.31. The molecule has 1 aromatic carbocycles. The van der Waals surface area contributed by atoms with Crippen LogP contribution in [0.5, 0.6) is 0 Å². The van der Waals surface area contributed by atoms with E-state index in [1.807, 2.05) is 53.6 Å². The molecule has 1 unspecified atom stereocenters. The Bertz CT molecular complexity index is 1110. The van der Waals surface area contributed by atoms with Gasteiger partial charge in [0.05, 0.1) is 11.9 Å². The number of carboxylic acid groups (broad SMARTS) is 1. The van der Waals surface area contributed by atoms with Crippen molar-refractivity contribution in [2.24, 2.45) is 5.92 Å². The maximum atomic E-state index is 12.6. The monoisotopic (exact) mass is 474 g/mol. The first-order valence-electron chi connectivity index (χ1n) is 12.6. The summed E-state index contributed by atoms with van der Waals surface area (Å²) in [5.41, 5.74) is 1.92. The van der Waals surface area contributed by atoms with E-state index < -0.39 is 5.97 Å². The van der Waals surface area contributed by atoms with Crippen LogP contribution in [-0.2, 0) is 9.59 Å². The molecule has 1 aliphatic rings. The van der Waals surface area contributed by atoms with Crippen LogP contribution in [0.25, 0.3) is 10.9 Å². The van der Waals surface area contributed by atoms with Crippen molar-refractivity contribution < 1.29 is 14.7 Å². The molecule has 0 radical (unpaired) electrons. The highest BCUT2D eigenvalue weighted by Gasteiger charge is 2.24. The van der Waals surface area contributed by atoms with E-state index in [0.29, 0.717) is 12.3 Å². The van der Waals surface area contributed by atoms with Crippen LogP contribution in [0, 0.1) is 5.92 Å². The lowest BCUT2D eigenvalue weighted by atomic mass is 9.85. The van der Waals surface area contributed by atoms with Crippen molar-refractivity contribution in [2.45, 2.75) is 50.9 Å². The number of nitrogens with zero attached hydrogens (tertiary/aromatic N) is 3. The molecule has 7 nitrogen and oxygen atoms in total. The van der Waals surface area contributed by atoms with Crippen molar-refractivity contribution in [3.05, 3.63) is 66.5 Å². The summed E-state index contributed by atoms with van der Waals surface area (Å²) in [6, 6.07) is 15.7. The van der Waals surface area contributed by atoms with Crippen LogP contribution in [-0.4, -0.2) is 51.5 Å². The predicted octanol–water partition coefficient (Wildman–Crippen LogP) is 5.10. The van der Waals surface area contributed by atoms with Gasteiger partial charge in [-0.2, -0.15) is 0 Å². The lowest BCUT2D eigenvalue weighted by Crippen LogP contribution is -2.38. The molecular weight excluding hydrogens is 440 g/mol. The van der Waals surface area contributed by atoms with Gasteiger partial charge in [-0.15, -0.1) is 0 Å². The second kappa shape index (κ2) is 12.3. The lowest BCUT2D eigenvalue weighted by molar-refractivity contribution is -0.137. The number of nitrogens with one attached hydrogen (secondary N) is 1. The Morgan fingerprint density at radius 3 is 2.66 bits per heavy atom. The van der Waals surface area contributed by atoms with E-state index in [1.165, 1.54) is 0 Å². The molecule has 1 fully saturated rings. The van der Waals surface area contributed by atoms with Gasteiger partial charge in [0.2, 0.25) is 5.91 Å². The van der Waals surface area contributed by atoms with Crippen LogP contribution < -0.4 is 5.32 Å². The maximum absolute atomic E-state index is 12.6. The van der Waals surface area contributed by atoms with Crippen molar-refractivity contribution in [1.82, 2.24) is 14.9 Å². The number of anilines is 1. The average molecular weight is 475 g/mol. The SMILES string of the molecule is O=C(O)CC(CCC1CCN(C(=O)CCCNc2ccccn2)CC1)c1cnc2ccccc2c1. The van der Waals surface area contributed by atoms with Gasteiger partial charge < -0.3 is 15.3 Å². The van der Waals surface area contributed by atoms with Crippen molar-refractivity contribution in [3.8, 4) is 0 Å². The van der Waals surface area contributed by atoms with Crippen LogP contribution in [0.3, 0.4) is 0 Å². The number of carbonyl (C=O) groups is 2. The van der Waals surface area contributed by atoms with Gasteiger partial charge in [-0.1, -0.05) is 24.3 Å². The van der Waals surface area contributed by atoms with E-state index in [4.69, 9.17) is 0 Å². The molecule has 1 aliphatic heterocycles. The third kappa shape index (κ3) is 7.25. The van der Waals surface area contributed by atoms with E-state index >= 15 is 0 Å². The quantitative estimate of drug-likeness (QED) is 0.376. The van der Waals surface area contributed by atoms with Gasteiger partial charge in [-0.05, 0) is 73.8 Å². The summed E-state index contributed by atoms with van der Waals surface area (Å²) in [7, 11) is 0. The minimum atomic E-state index is -0.777. The van der Waals surface area contributed by atoms with Gasteiger partial charge in [0.15, 0.2) is 0 Å². The van der Waals surface area contributed by atoms with E-state index in [0.717, 1.165) is 74.0 Å². The van der Waals surface area contributed by atoms with Crippen molar-refractivity contribution in [1.29, 1.82) is 0 Å². The molecule has 1 atom stereocenters. The smallest absolute Gasteiger partial charge is 0.303 e. The molecule has 35 heavy (non-hydrogen) atoms. The first-order chi connectivity index (χ1) is 17.1. The molecule has 2 N–H and O–H groups in total. The fourth-order valence-electron chi connectivity index (χ4n) is 4.90. The topological polar surface area (TPSA) is 95.4 Å². The largest absolute Gasteiger partial charge is 0.481 e. The summed E-state index contributed by atoms with van der Waals surface area (Å²) in [4.78, 5) is 34.9. The molecule has 1 saturated heterocycles. The standard InChI is InChI=1S/C28H34N4O3/c33-27(9-5-15-30-26-8-3-4-14-29-26)32-16-12-21(13-17-32)10-11-22(19-28(34)35)24-18-23-6-1-2-7-25(23)31-20-24/h1-4,6-8,14,18,20-22H,5,9-13,15-17,19H2,(H,29,30)(H,34,35). The van der Waals surface area contributed by atoms with E-state index in [9.17, 15) is 14.7 Å². The molecule has 1 amide bonds. The number of likely N-dealkylation sites (tertiary alicyclic amines) is 1. The highest BCUT2D eigenvalue weighted by molar-refractivity contribution is 5.79. The maximum Gasteiger partial charge on any atom is 0.303 e. The van der Waals surface area contributed by atoms with Gasteiger partial charge in [0, 0.05) is 43.8 Å². The minimum Gasteiger partial charge on any atom is -0.481 e. The number of benzene rings is 1. The fraction of sp³-hybridized carbons (Fsp3) is 0.429. The first-order valence-corrected chi connectivity index (χ1v) is 12.6. The Balaban J connectivity index is 1.21. The Morgan fingerprint density at radius 1 is 1.09 bits per heavy atom. The molecule has 0 aliphatic carbocycles. The number of amides is 1. The lowest BCUT2D eigenvalue weighted by Gasteiger charge is -2.32. The van der Waals surface area contributed by atoms with Gasteiger partial charge in [0.25, 0.3) is 0 Å². The average Bonchev–Trinajstić information content (AvgIpc) is 2.89.